The Morgan fingerprint density at radius 3 is 2.98 bits per heavy atom. The standard InChI is InChI=1S/C32H32ClN5O3/c1-5-40-31-17-29-27(15-22(31)14-26(39)10-7-13-38(3)4)32(23(18-34)19-35-29)37-24-11-12-30(28(33)16-24)41-20-25-9-6-8-21(2)36-25/h6-12,15-17,19H,5,13-14,20H2,1-4H3,(H,35,37)/b10-7+/i1D3,3D3,5D2,6D,7D,8D,9D,11D,12D,15D,16D,17D,19D. The van der Waals surface area contributed by atoms with Crippen LogP contribution in [0.4, 0.5) is 11.4 Å². The molecule has 4 rings (SSSR count). The van der Waals surface area contributed by atoms with Gasteiger partial charge in [-0.2, -0.15) is 5.26 Å². The second-order valence-electron chi connectivity index (χ2n) is 8.24. The molecule has 0 aliphatic carbocycles. The molecule has 0 radical (unpaired) electrons. The summed E-state index contributed by atoms with van der Waals surface area (Å²) >= 11 is 6.45. The molecule has 0 bridgehead atoms. The summed E-state index contributed by atoms with van der Waals surface area (Å²) in [7, 11) is 1.16. The molecule has 0 saturated heterocycles. The van der Waals surface area contributed by atoms with Gasteiger partial charge in [0.15, 0.2) is 5.78 Å². The lowest BCUT2D eigenvalue weighted by atomic mass is 10.0. The number of allylic oxidation sites excluding steroid dienone is 1. The molecular formula is C32H32ClN5O3. The van der Waals surface area contributed by atoms with Gasteiger partial charge >= 0.3 is 0 Å². The van der Waals surface area contributed by atoms with Gasteiger partial charge in [0.1, 0.15) is 24.2 Å². The number of ketones is 1. The van der Waals surface area contributed by atoms with E-state index in [1.54, 1.807) is 6.07 Å². The van der Waals surface area contributed by atoms with Crippen molar-refractivity contribution in [1.29, 1.82) is 5.26 Å². The van der Waals surface area contributed by atoms with Crippen molar-refractivity contribution >= 4 is 39.7 Å². The maximum atomic E-state index is 13.3. The molecule has 0 spiro atoms. The number of rotatable bonds is 12. The summed E-state index contributed by atoms with van der Waals surface area (Å²) in [5.41, 5.74) is -3.14. The number of likely N-dealkylation sites (N-methyl/N-ethyl adjacent to an activating group) is 1. The van der Waals surface area contributed by atoms with Crippen LogP contribution >= 0.6 is 11.6 Å². The molecule has 0 aliphatic rings. The summed E-state index contributed by atoms with van der Waals surface area (Å²) in [5.74, 6) is -2.52. The second kappa shape index (κ2) is 13.8. The molecule has 0 saturated carbocycles. The molecule has 4 aromatic rings. The predicted molar refractivity (Wildman–Crippen MR) is 162 cm³/mol. The molecule has 9 heteroatoms. The third-order valence-corrected chi connectivity index (χ3v) is 5.36. The lowest BCUT2D eigenvalue weighted by Gasteiger charge is -2.16. The summed E-state index contributed by atoms with van der Waals surface area (Å²) in [6, 6.07) is -4.05. The van der Waals surface area contributed by atoms with Gasteiger partial charge in [0, 0.05) is 55.7 Å². The Morgan fingerprint density at radius 1 is 1.29 bits per heavy atom. The minimum atomic E-state index is -3.55. The lowest BCUT2D eigenvalue weighted by Crippen LogP contribution is -2.11. The van der Waals surface area contributed by atoms with Crippen molar-refractivity contribution in [2.24, 2.45) is 0 Å². The fourth-order valence-corrected chi connectivity index (χ4v) is 3.58. The number of nitriles is 1. The van der Waals surface area contributed by atoms with E-state index in [-0.39, 0.29) is 17.4 Å². The number of carbonyl (C=O) groups is 1. The summed E-state index contributed by atoms with van der Waals surface area (Å²) in [6.07, 6.45) is -1.15. The van der Waals surface area contributed by atoms with Gasteiger partial charge in [-0.3, -0.25) is 14.8 Å². The average molecular weight is 588 g/mol. The summed E-state index contributed by atoms with van der Waals surface area (Å²) < 4.78 is 157. The molecule has 8 nitrogen and oxygen atoms in total. The van der Waals surface area contributed by atoms with Crippen molar-refractivity contribution in [2.45, 2.75) is 26.8 Å². The molecule has 0 amide bonds. The Morgan fingerprint density at radius 2 is 2.17 bits per heavy atom. The van der Waals surface area contributed by atoms with Gasteiger partial charge < -0.3 is 19.7 Å². The first-order valence-corrected chi connectivity index (χ1v) is 12.0. The molecule has 2 aromatic heterocycles. The fraction of sp³-hybridized carbons (Fsp3) is 0.250. The minimum Gasteiger partial charge on any atom is -0.494 e. The van der Waals surface area contributed by atoms with E-state index < -0.39 is 150 Å². The van der Waals surface area contributed by atoms with Crippen molar-refractivity contribution in [3.8, 4) is 17.6 Å². The Labute approximate surface area is 270 Å². The fourth-order valence-electron chi connectivity index (χ4n) is 3.38. The predicted octanol–water partition coefficient (Wildman–Crippen LogP) is 6.41. The van der Waals surface area contributed by atoms with E-state index in [4.69, 9.17) is 44.4 Å². The van der Waals surface area contributed by atoms with Crippen LogP contribution < -0.4 is 14.8 Å². The summed E-state index contributed by atoms with van der Waals surface area (Å²) in [5, 5.41) is 11.6. The normalized spacial score (nSPS) is 18.7. The number of fused-ring (bicyclic) bond motifs is 1. The van der Waals surface area contributed by atoms with Crippen LogP contribution in [-0.2, 0) is 17.8 Å². The number of carbonyl (C=O) groups excluding carboxylic acids is 1. The smallest absolute Gasteiger partial charge is 0.159 e. The highest BCUT2D eigenvalue weighted by Gasteiger charge is 2.16. The third-order valence-electron chi connectivity index (χ3n) is 5.10. The third kappa shape index (κ3) is 7.82. The van der Waals surface area contributed by atoms with Gasteiger partial charge in [0.25, 0.3) is 0 Å². The first-order valence-electron chi connectivity index (χ1n) is 20.6. The number of hydrogen-bond donors (Lipinski definition) is 1. The molecule has 0 aliphatic heterocycles. The monoisotopic (exact) mass is 587 g/mol. The molecule has 0 atom stereocenters. The van der Waals surface area contributed by atoms with E-state index in [2.05, 4.69) is 15.3 Å². The maximum absolute atomic E-state index is 13.3. The maximum Gasteiger partial charge on any atom is 0.159 e. The van der Waals surface area contributed by atoms with Gasteiger partial charge in [-0.1, -0.05) is 23.7 Å². The van der Waals surface area contributed by atoms with Crippen molar-refractivity contribution in [2.75, 3.05) is 32.4 Å². The van der Waals surface area contributed by atoms with Crippen LogP contribution in [0.1, 0.15) is 54.0 Å². The Bertz CT molecular complexity index is 2420. The Balaban J connectivity index is 1.95. The van der Waals surface area contributed by atoms with Crippen LogP contribution in [0.15, 0.2) is 66.6 Å². The molecular weight excluding hydrogens is 538 g/mol. The molecule has 0 unspecified atom stereocenters. The number of benzene rings is 2. The number of ether oxygens (including phenoxy) is 2. The van der Waals surface area contributed by atoms with Gasteiger partial charge in [-0.25, -0.2) is 0 Å². The van der Waals surface area contributed by atoms with Gasteiger partial charge in [-0.15, -0.1) is 0 Å². The summed E-state index contributed by atoms with van der Waals surface area (Å²) in [6.45, 7) is -9.35. The van der Waals surface area contributed by atoms with Crippen LogP contribution in [0.3, 0.4) is 0 Å². The SMILES string of the molecule is [2H]/C(=C\C(=O)Cc1c(OC([2H])([2H])C([2H])([2H])[2H])c([2H])c2nc([2H])c(C#N)c(Nc3c([2H])c([2H])c(OCc4nc(C)c([2H])c([2H])c4[2H])c(Cl)c3[2H])c2c1[2H])CN(C)C([2H])([2H])[2H]. The minimum absolute atomic E-state index is 0.110. The second-order valence-corrected chi connectivity index (χ2v) is 8.62. The molecule has 41 heavy (non-hydrogen) atoms. The highest BCUT2D eigenvalue weighted by molar-refractivity contribution is 6.32. The molecule has 1 N–H and O–H groups in total. The van der Waals surface area contributed by atoms with E-state index in [1.165, 1.54) is 6.92 Å². The largest absolute Gasteiger partial charge is 0.494 e. The average Bonchev–Trinajstić information content (AvgIpc) is 3.12. The number of nitrogens with one attached hydrogen (secondary N) is 1. The van der Waals surface area contributed by atoms with E-state index in [0.29, 0.717) is 6.08 Å². The van der Waals surface area contributed by atoms with Crippen molar-refractivity contribution in [1.82, 2.24) is 14.9 Å². The molecule has 0 fully saturated rings. The van der Waals surface area contributed by atoms with E-state index >= 15 is 0 Å². The van der Waals surface area contributed by atoms with Crippen LogP contribution in [0.5, 0.6) is 11.5 Å². The van der Waals surface area contributed by atoms with Crippen LogP contribution in [0.25, 0.3) is 10.9 Å². The Hall–Kier alpha value is -4.45. The Kier molecular flexibility index (Phi) is 4.68. The molecule has 210 valence electrons. The van der Waals surface area contributed by atoms with Gasteiger partial charge in [0.2, 0.25) is 0 Å². The van der Waals surface area contributed by atoms with E-state index in [0.717, 1.165) is 11.9 Å². The van der Waals surface area contributed by atoms with Crippen LogP contribution in [-0.4, -0.2) is 47.8 Å². The number of anilines is 2. The number of halogens is 1. The van der Waals surface area contributed by atoms with Gasteiger partial charge in [-0.05, 0) is 70.1 Å². The zero-order chi connectivity index (χ0) is 44.9. The van der Waals surface area contributed by atoms with E-state index in [9.17, 15) is 11.4 Å². The molecule has 2 aromatic carbocycles. The number of nitrogens with zero attached hydrogens (tertiary/aromatic N) is 4. The first-order chi connectivity index (χ1) is 27.0. The lowest BCUT2D eigenvalue weighted by molar-refractivity contribution is -0.114. The van der Waals surface area contributed by atoms with Crippen LogP contribution in [0, 0.1) is 18.3 Å². The first kappa shape index (κ1) is 13.9. The van der Waals surface area contributed by atoms with Crippen molar-refractivity contribution in [3.63, 3.8) is 0 Å². The zero-order valence-corrected chi connectivity index (χ0v) is 22.3. The highest BCUT2D eigenvalue weighted by atomic mass is 35.5. The van der Waals surface area contributed by atoms with Crippen molar-refractivity contribution < 1.29 is 38.9 Å². The van der Waals surface area contributed by atoms with Gasteiger partial charge in [0.05, 0.1) is 50.5 Å². The highest BCUT2D eigenvalue weighted by Crippen LogP contribution is 2.36. The number of aromatic nitrogens is 2. The number of hydrogen-bond acceptors (Lipinski definition) is 8. The number of pyridine rings is 2. The van der Waals surface area contributed by atoms with Crippen molar-refractivity contribution in [3.05, 3.63) is 94.2 Å². The summed E-state index contributed by atoms with van der Waals surface area (Å²) in [4.78, 5) is 22.1. The van der Waals surface area contributed by atoms with Crippen LogP contribution in [0.2, 0.25) is 5.02 Å². The zero-order valence-electron chi connectivity index (χ0n) is 39.6. The topological polar surface area (TPSA) is 100 Å². The van der Waals surface area contributed by atoms with E-state index in [1.807, 2.05) is 0 Å². The quantitative estimate of drug-likeness (QED) is 0.190. The number of aryl methyl sites for hydroxylation is 1. The molecule has 2 heterocycles.